The minimum Gasteiger partial charge on any atom is -0.481 e. The fraction of sp³-hybridized carbons (Fsp3) is 0.391. The first-order valence-electron chi connectivity index (χ1n) is 10.2. The largest absolute Gasteiger partial charge is 0.481 e. The van der Waals surface area contributed by atoms with Gasteiger partial charge in [0.1, 0.15) is 12.2 Å². The molecule has 1 saturated carbocycles. The highest BCUT2D eigenvalue weighted by atomic mass is 35.5. The first kappa shape index (κ1) is 22.6. The fourth-order valence-electron chi connectivity index (χ4n) is 4.04. The number of amides is 1. The van der Waals surface area contributed by atoms with E-state index in [2.05, 4.69) is 0 Å². The van der Waals surface area contributed by atoms with Gasteiger partial charge < -0.3 is 14.7 Å². The van der Waals surface area contributed by atoms with E-state index < -0.39 is 48.3 Å². The maximum atomic E-state index is 13.2. The highest BCUT2D eigenvalue weighted by Crippen LogP contribution is 2.45. The quantitative estimate of drug-likeness (QED) is 0.630. The van der Waals surface area contributed by atoms with Gasteiger partial charge in [-0.25, -0.2) is 0 Å². The van der Waals surface area contributed by atoms with E-state index in [1.165, 1.54) is 12.1 Å². The molecule has 0 radical (unpaired) electrons. The summed E-state index contributed by atoms with van der Waals surface area (Å²) in [7, 11) is 0. The number of ether oxygens (including phenoxy) is 1. The van der Waals surface area contributed by atoms with E-state index in [4.69, 9.17) is 16.3 Å². The van der Waals surface area contributed by atoms with Crippen LogP contribution in [0.5, 0.6) is 0 Å². The average molecular weight is 468 g/mol. The lowest BCUT2D eigenvalue weighted by Gasteiger charge is -2.45. The number of carbonyl (C=O) groups excluding carboxylic acids is 1. The Morgan fingerprint density at radius 2 is 1.81 bits per heavy atom. The topological polar surface area (TPSA) is 66.8 Å². The number of alkyl halides is 3. The van der Waals surface area contributed by atoms with E-state index in [-0.39, 0.29) is 5.92 Å². The number of benzene rings is 2. The number of carboxylic acids is 1. The summed E-state index contributed by atoms with van der Waals surface area (Å²) in [4.78, 5) is 26.1. The molecular weight excluding hydrogens is 447 g/mol. The summed E-state index contributed by atoms with van der Waals surface area (Å²) in [5, 5.41) is 9.70. The van der Waals surface area contributed by atoms with Crippen molar-refractivity contribution >= 4 is 23.5 Å². The Morgan fingerprint density at radius 3 is 2.38 bits per heavy atom. The molecule has 4 rings (SSSR count). The second-order valence-electron chi connectivity index (χ2n) is 8.20. The second-order valence-corrected chi connectivity index (χ2v) is 8.63. The van der Waals surface area contributed by atoms with Crippen molar-refractivity contribution in [2.24, 2.45) is 5.92 Å². The van der Waals surface area contributed by atoms with E-state index in [1.54, 1.807) is 29.2 Å². The zero-order chi connectivity index (χ0) is 23.0. The zero-order valence-electron chi connectivity index (χ0n) is 16.9. The second kappa shape index (κ2) is 8.75. The molecule has 5 nitrogen and oxygen atoms in total. The first-order chi connectivity index (χ1) is 15.1. The van der Waals surface area contributed by atoms with Gasteiger partial charge in [-0.2, -0.15) is 13.2 Å². The molecule has 170 valence electrons. The summed E-state index contributed by atoms with van der Waals surface area (Å²) in [5.74, 6) is -1.37. The number of carbonyl (C=O) groups is 2. The molecule has 1 aliphatic carbocycles. The van der Waals surface area contributed by atoms with Gasteiger partial charge in [0.15, 0.2) is 0 Å². The molecular formula is C23H21ClF3NO4. The van der Waals surface area contributed by atoms with Gasteiger partial charge in [0.25, 0.3) is 5.91 Å². The van der Waals surface area contributed by atoms with E-state index in [0.717, 1.165) is 25.0 Å². The zero-order valence-corrected chi connectivity index (χ0v) is 17.6. The normalized spacial score (nSPS) is 23.9. The highest BCUT2D eigenvalue weighted by Gasteiger charge is 2.46. The molecule has 1 amide bonds. The number of halogens is 4. The van der Waals surface area contributed by atoms with Gasteiger partial charge in [-0.1, -0.05) is 35.9 Å². The van der Waals surface area contributed by atoms with Crippen LogP contribution < -0.4 is 0 Å². The Kier molecular flexibility index (Phi) is 6.18. The Balaban J connectivity index is 1.78. The van der Waals surface area contributed by atoms with Crippen LogP contribution in [0, 0.1) is 5.92 Å². The number of nitrogens with zero attached hydrogens (tertiary/aromatic N) is 1. The van der Waals surface area contributed by atoms with Crippen LogP contribution in [0.3, 0.4) is 0 Å². The third-order valence-electron chi connectivity index (χ3n) is 5.76. The van der Waals surface area contributed by atoms with Crippen LogP contribution >= 0.6 is 11.6 Å². The predicted octanol–water partition coefficient (Wildman–Crippen LogP) is 5.25. The number of carboxylic acid groups (broad SMARTS) is 1. The third kappa shape index (κ3) is 4.91. The fourth-order valence-corrected chi connectivity index (χ4v) is 4.24. The Labute approximate surface area is 187 Å². The van der Waals surface area contributed by atoms with Crippen LogP contribution in [0.1, 0.15) is 48.1 Å². The van der Waals surface area contributed by atoms with Crippen molar-refractivity contribution in [2.75, 3.05) is 6.54 Å². The number of morpholine rings is 1. The van der Waals surface area contributed by atoms with Crippen molar-refractivity contribution in [3.63, 3.8) is 0 Å². The van der Waals surface area contributed by atoms with Crippen LogP contribution in [-0.4, -0.2) is 34.5 Å². The van der Waals surface area contributed by atoms with Crippen LogP contribution in [0.15, 0.2) is 48.5 Å². The molecule has 2 aliphatic rings. The molecule has 1 saturated heterocycles. The van der Waals surface area contributed by atoms with Crippen LogP contribution in [0.4, 0.5) is 13.2 Å². The van der Waals surface area contributed by atoms with Gasteiger partial charge in [0, 0.05) is 11.6 Å². The van der Waals surface area contributed by atoms with Crippen LogP contribution in [0.2, 0.25) is 5.02 Å². The molecule has 0 aromatic heterocycles. The molecule has 0 spiro atoms. The number of aliphatic carboxylic acids is 1. The van der Waals surface area contributed by atoms with Crippen molar-refractivity contribution in [3.8, 4) is 0 Å². The molecule has 3 atom stereocenters. The van der Waals surface area contributed by atoms with Gasteiger partial charge >= 0.3 is 12.1 Å². The molecule has 2 aromatic carbocycles. The van der Waals surface area contributed by atoms with Gasteiger partial charge in [0.05, 0.1) is 18.0 Å². The van der Waals surface area contributed by atoms with Crippen molar-refractivity contribution in [2.45, 2.75) is 43.7 Å². The minimum absolute atomic E-state index is 0.277. The molecule has 9 heteroatoms. The molecule has 1 aliphatic heterocycles. The maximum Gasteiger partial charge on any atom is 0.416 e. The van der Waals surface area contributed by atoms with Gasteiger partial charge in [-0.15, -0.1) is 0 Å². The molecule has 0 bridgehead atoms. The van der Waals surface area contributed by atoms with Crippen LogP contribution in [-0.2, 0) is 20.5 Å². The lowest BCUT2D eigenvalue weighted by atomic mass is 9.90. The van der Waals surface area contributed by atoms with E-state index in [9.17, 15) is 27.9 Å². The van der Waals surface area contributed by atoms with E-state index in [1.807, 2.05) is 0 Å². The summed E-state index contributed by atoms with van der Waals surface area (Å²) >= 11 is 6.15. The van der Waals surface area contributed by atoms with E-state index in [0.29, 0.717) is 22.7 Å². The lowest BCUT2D eigenvalue weighted by Crippen LogP contribution is -2.52. The van der Waals surface area contributed by atoms with Crippen molar-refractivity contribution < 1.29 is 32.6 Å². The Morgan fingerprint density at radius 1 is 1.12 bits per heavy atom. The lowest BCUT2D eigenvalue weighted by molar-refractivity contribution is -0.179. The predicted molar refractivity (Wildman–Crippen MR) is 110 cm³/mol. The van der Waals surface area contributed by atoms with Gasteiger partial charge in [0.2, 0.25) is 0 Å². The van der Waals surface area contributed by atoms with Gasteiger partial charge in [-0.05, 0) is 54.2 Å². The standard InChI is InChI=1S/C23H21ClF3NO4/c24-17-3-1-2-15(10-17)21-20(14-6-8-16(9-7-14)23(25,26)27)28(12-13-4-5-13)22(31)18(32-21)11-19(29)30/h1-3,6-10,13,18,20-21H,4-5,11-12H2,(H,29,30)/t18-,20+,21+/m0/s1. The Hall–Kier alpha value is -2.58. The molecule has 2 fully saturated rings. The Bertz CT molecular complexity index is 1010. The van der Waals surface area contributed by atoms with Crippen molar-refractivity contribution in [1.29, 1.82) is 0 Å². The average Bonchev–Trinajstić information content (AvgIpc) is 3.54. The maximum absolute atomic E-state index is 13.2. The summed E-state index contributed by atoms with van der Waals surface area (Å²) in [6.45, 7) is 0.390. The van der Waals surface area contributed by atoms with E-state index >= 15 is 0 Å². The smallest absolute Gasteiger partial charge is 0.416 e. The van der Waals surface area contributed by atoms with Crippen molar-refractivity contribution in [1.82, 2.24) is 4.90 Å². The summed E-state index contributed by atoms with van der Waals surface area (Å²) in [6.07, 6.45) is -5.08. The highest BCUT2D eigenvalue weighted by molar-refractivity contribution is 6.30. The third-order valence-corrected chi connectivity index (χ3v) is 6.00. The summed E-state index contributed by atoms with van der Waals surface area (Å²) < 4.78 is 45.2. The molecule has 0 unspecified atom stereocenters. The molecule has 1 heterocycles. The monoisotopic (exact) mass is 467 g/mol. The number of hydrogen-bond donors (Lipinski definition) is 1. The number of rotatable bonds is 6. The van der Waals surface area contributed by atoms with Crippen LogP contribution in [0.25, 0.3) is 0 Å². The minimum atomic E-state index is -4.48. The van der Waals surface area contributed by atoms with Gasteiger partial charge in [-0.3, -0.25) is 9.59 Å². The summed E-state index contributed by atoms with van der Waals surface area (Å²) in [6, 6.07) is 10.7. The first-order valence-corrected chi connectivity index (χ1v) is 10.6. The SMILES string of the molecule is O=C(O)C[C@@H]1O[C@H](c2cccc(Cl)c2)[C@@H](c2ccc(C(F)(F)F)cc2)N(CC2CC2)C1=O. The molecule has 1 N–H and O–H groups in total. The number of hydrogen-bond acceptors (Lipinski definition) is 3. The summed E-state index contributed by atoms with van der Waals surface area (Å²) in [5.41, 5.74) is 0.304. The van der Waals surface area contributed by atoms with Crippen molar-refractivity contribution in [3.05, 3.63) is 70.2 Å². The molecule has 32 heavy (non-hydrogen) atoms. The molecule has 2 aromatic rings.